The Labute approximate surface area is 116 Å². The summed E-state index contributed by atoms with van der Waals surface area (Å²) in [5, 5.41) is 0.783. The maximum absolute atomic E-state index is 12.3. The van der Waals surface area contributed by atoms with Crippen molar-refractivity contribution in [3.8, 4) is 0 Å². The average Bonchev–Trinajstić information content (AvgIpc) is 2.38. The number of hydrogen-bond donors (Lipinski definition) is 0. The fraction of sp³-hybridized carbons (Fsp3) is 0.200. The number of rotatable bonds is 3. The van der Waals surface area contributed by atoms with E-state index in [0.29, 0.717) is 5.56 Å². The lowest BCUT2D eigenvalue weighted by atomic mass is 10.1. The molecule has 0 N–H and O–H groups in total. The van der Waals surface area contributed by atoms with Crippen molar-refractivity contribution in [1.82, 2.24) is 9.88 Å². The summed E-state index contributed by atoms with van der Waals surface area (Å²) in [6.07, 6.45) is 2.84. The van der Waals surface area contributed by atoms with Crippen molar-refractivity contribution in [2.75, 3.05) is 13.1 Å². The van der Waals surface area contributed by atoms with E-state index in [1.807, 2.05) is 47.4 Å². The highest BCUT2D eigenvalue weighted by Crippen LogP contribution is 2.29. The molecule has 1 saturated heterocycles. The van der Waals surface area contributed by atoms with Gasteiger partial charge in [-0.2, -0.15) is 0 Å². The van der Waals surface area contributed by atoms with Gasteiger partial charge in [-0.05, 0) is 30.7 Å². The first-order chi connectivity index (χ1) is 9.34. The molecule has 0 saturated carbocycles. The van der Waals surface area contributed by atoms with Crippen LogP contribution in [-0.2, 0) is 0 Å². The molecule has 0 spiro atoms. The Balaban J connectivity index is 1.87. The van der Waals surface area contributed by atoms with Gasteiger partial charge in [0.1, 0.15) is 5.03 Å². The van der Waals surface area contributed by atoms with E-state index in [1.54, 1.807) is 6.20 Å². The lowest BCUT2D eigenvalue weighted by molar-refractivity contribution is 0.0647. The van der Waals surface area contributed by atoms with E-state index >= 15 is 0 Å². The maximum Gasteiger partial charge on any atom is 0.256 e. The highest BCUT2D eigenvalue weighted by molar-refractivity contribution is 7.99. The lowest BCUT2D eigenvalue weighted by Crippen LogP contribution is -2.42. The molecule has 2 aromatic rings. The van der Waals surface area contributed by atoms with Gasteiger partial charge in [0, 0.05) is 24.2 Å². The van der Waals surface area contributed by atoms with E-state index < -0.39 is 0 Å². The van der Waals surface area contributed by atoms with Crippen molar-refractivity contribution in [3.05, 3.63) is 54.2 Å². The Morgan fingerprint density at radius 3 is 2.58 bits per heavy atom. The van der Waals surface area contributed by atoms with Crippen molar-refractivity contribution in [2.24, 2.45) is 0 Å². The van der Waals surface area contributed by atoms with Gasteiger partial charge in [-0.15, -0.1) is 0 Å². The number of amides is 1. The van der Waals surface area contributed by atoms with Crippen LogP contribution < -0.4 is 0 Å². The van der Waals surface area contributed by atoms with Crippen LogP contribution in [0.4, 0.5) is 0 Å². The molecule has 1 aromatic carbocycles. The Hall–Kier alpha value is -1.81. The molecule has 1 aliphatic heterocycles. The van der Waals surface area contributed by atoms with Gasteiger partial charge in [0.25, 0.3) is 5.91 Å². The minimum atomic E-state index is 0.0952. The normalized spacial score (nSPS) is 14.0. The number of aromatic nitrogens is 1. The molecule has 3 nitrogen and oxygen atoms in total. The Bertz CT molecular complexity index is 582. The Morgan fingerprint density at radius 2 is 1.89 bits per heavy atom. The number of carbonyl (C=O) groups excluding carboxylic acids is 1. The van der Waals surface area contributed by atoms with Crippen LogP contribution in [0.25, 0.3) is 0 Å². The SMILES string of the molecule is O=C(c1cccnc1Sc1ccccc1)N1CCC1. The molecule has 2 heterocycles. The third-order valence-electron chi connectivity index (χ3n) is 3.10. The molecule has 96 valence electrons. The van der Waals surface area contributed by atoms with Crippen LogP contribution in [0.1, 0.15) is 16.8 Å². The summed E-state index contributed by atoms with van der Waals surface area (Å²) in [6.45, 7) is 1.73. The number of nitrogens with zero attached hydrogens (tertiary/aromatic N) is 2. The van der Waals surface area contributed by atoms with Crippen LogP contribution in [0.15, 0.2) is 58.6 Å². The molecule has 1 aliphatic rings. The number of hydrogen-bond acceptors (Lipinski definition) is 3. The average molecular weight is 270 g/mol. The molecule has 1 fully saturated rings. The van der Waals surface area contributed by atoms with E-state index in [4.69, 9.17) is 0 Å². The quantitative estimate of drug-likeness (QED) is 0.859. The van der Waals surface area contributed by atoms with Gasteiger partial charge in [0.05, 0.1) is 5.56 Å². The van der Waals surface area contributed by atoms with Crippen LogP contribution in [0.2, 0.25) is 0 Å². The smallest absolute Gasteiger partial charge is 0.256 e. The summed E-state index contributed by atoms with van der Waals surface area (Å²) in [4.78, 5) is 19.6. The molecule has 3 rings (SSSR count). The van der Waals surface area contributed by atoms with Crippen molar-refractivity contribution in [2.45, 2.75) is 16.3 Å². The predicted molar refractivity (Wildman–Crippen MR) is 75.3 cm³/mol. The largest absolute Gasteiger partial charge is 0.338 e. The van der Waals surface area contributed by atoms with Gasteiger partial charge < -0.3 is 4.90 Å². The van der Waals surface area contributed by atoms with Gasteiger partial charge in [0.15, 0.2) is 0 Å². The molecule has 19 heavy (non-hydrogen) atoms. The molecule has 1 aromatic heterocycles. The number of pyridine rings is 1. The summed E-state index contributed by atoms with van der Waals surface area (Å²) in [7, 11) is 0. The first kappa shape index (κ1) is 12.2. The summed E-state index contributed by atoms with van der Waals surface area (Å²) >= 11 is 1.54. The minimum Gasteiger partial charge on any atom is -0.338 e. The zero-order chi connectivity index (χ0) is 13.1. The van der Waals surface area contributed by atoms with E-state index in [0.717, 1.165) is 29.4 Å². The van der Waals surface area contributed by atoms with Crippen LogP contribution in [0, 0.1) is 0 Å². The summed E-state index contributed by atoms with van der Waals surface area (Å²) < 4.78 is 0. The molecule has 0 aliphatic carbocycles. The van der Waals surface area contributed by atoms with Crippen molar-refractivity contribution in [3.63, 3.8) is 0 Å². The number of carbonyl (C=O) groups is 1. The fourth-order valence-electron chi connectivity index (χ4n) is 1.92. The molecular formula is C15H14N2OS. The third-order valence-corrected chi connectivity index (χ3v) is 4.13. The summed E-state index contributed by atoms with van der Waals surface area (Å²) in [5.74, 6) is 0.0952. The summed E-state index contributed by atoms with van der Waals surface area (Å²) in [6, 6.07) is 13.7. The topological polar surface area (TPSA) is 33.2 Å². The first-order valence-corrected chi connectivity index (χ1v) is 7.13. The summed E-state index contributed by atoms with van der Waals surface area (Å²) in [5.41, 5.74) is 0.705. The van der Waals surface area contributed by atoms with Crippen molar-refractivity contribution < 1.29 is 4.79 Å². The Kier molecular flexibility index (Phi) is 3.51. The molecule has 0 unspecified atom stereocenters. The van der Waals surface area contributed by atoms with Gasteiger partial charge >= 0.3 is 0 Å². The van der Waals surface area contributed by atoms with Gasteiger partial charge in [-0.3, -0.25) is 4.79 Å². The number of benzene rings is 1. The van der Waals surface area contributed by atoms with Crippen LogP contribution in [-0.4, -0.2) is 28.9 Å². The van der Waals surface area contributed by atoms with Gasteiger partial charge in [0.2, 0.25) is 0 Å². The second-order valence-corrected chi connectivity index (χ2v) is 5.48. The molecule has 0 atom stereocenters. The van der Waals surface area contributed by atoms with Gasteiger partial charge in [-0.25, -0.2) is 4.98 Å². The fourth-order valence-corrected chi connectivity index (χ4v) is 2.82. The predicted octanol–water partition coefficient (Wildman–Crippen LogP) is 3.08. The van der Waals surface area contributed by atoms with Crippen LogP contribution >= 0.6 is 11.8 Å². The molecule has 1 amide bonds. The van der Waals surface area contributed by atoms with E-state index in [1.165, 1.54) is 11.8 Å². The zero-order valence-corrected chi connectivity index (χ0v) is 11.3. The second kappa shape index (κ2) is 5.45. The monoisotopic (exact) mass is 270 g/mol. The zero-order valence-electron chi connectivity index (χ0n) is 10.5. The lowest BCUT2D eigenvalue weighted by Gasteiger charge is -2.31. The molecule has 4 heteroatoms. The minimum absolute atomic E-state index is 0.0952. The van der Waals surface area contributed by atoms with Crippen LogP contribution in [0.5, 0.6) is 0 Å². The molecule has 0 bridgehead atoms. The highest BCUT2D eigenvalue weighted by atomic mass is 32.2. The highest BCUT2D eigenvalue weighted by Gasteiger charge is 2.24. The van der Waals surface area contributed by atoms with E-state index in [-0.39, 0.29) is 5.91 Å². The van der Waals surface area contributed by atoms with Crippen molar-refractivity contribution in [1.29, 1.82) is 0 Å². The third kappa shape index (κ3) is 2.63. The molecule has 0 radical (unpaired) electrons. The Morgan fingerprint density at radius 1 is 1.11 bits per heavy atom. The first-order valence-electron chi connectivity index (χ1n) is 6.32. The van der Waals surface area contributed by atoms with E-state index in [2.05, 4.69) is 4.98 Å². The second-order valence-electron chi connectivity index (χ2n) is 4.42. The molecular weight excluding hydrogens is 256 g/mol. The maximum atomic E-state index is 12.3. The standard InChI is InChI=1S/C15H14N2OS/c18-15(17-10-5-11-17)13-8-4-9-16-14(13)19-12-6-2-1-3-7-12/h1-4,6-9H,5,10-11H2. The van der Waals surface area contributed by atoms with Crippen LogP contribution in [0.3, 0.4) is 0 Å². The number of likely N-dealkylation sites (tertiary alicyclic amines) is 1. The van der Waals surface area contributed by atoms with E-state index in [9.17, 15) is 4.79 Å². The van der Waals surface area contributed by atoms with Gasteiger partial charge in [-0.1, -0.05) is 30.0 Å². The van der Waals surface area contributed by atoms with Crippen molar-refractivity contribution >= 4 is 17.7 Å².